The predicted molar refractivity (Wildman–Crippen MR) is 68.8 cm³/mol. The Balaban J connectivity index is 1.58. The molecule has 1 N–H and O–H groups in total. The van der Waals surface area contributed by atoms with E-state index in [0.717, 1.165) is 6.04 Å². The molecule has 1 aliphatic heterocycles. The van der Waals surface area contributed by atoms with E-state index in [1.807, 2.05) is 12.3 Å². The van der Waals surface area contributed by atoms with Crippen LogP contribution in [0, 0.1) is 0 Å². The van der Waals surface area contributed by atoms with Crippen LogP contribution in [0.3, 0.4) is 0 Å². The Labute approximate surface area is 103 Å². The molecule has 1 aliphatic carbocycles. The summed E-state index contributed by atoms with van der Waals surface area (Å²) in [6.07, 6.45) is 5.94. The number of hydrogen-bond acceptors (Lipinski definition) is 3. The van der Waals surface area contributed by atoms with Crippen molar-refractivity contribution in [2.24, 2.45) is 0 Å². The van der Waals surface area contributed by atoms with Crippen molar-refractivity contribution in [2.45, 2.75) is 44.3 Å². The maximum atomic E-state index is 4.46. The summed E-state index contributed by atoms with van der Waals surface area (Å²) in [5.74, 6) is 0. The summed E-state index contributed by atoms with van der Waals surface area (Å²) in [5.41, 5.74) is 1.19. The number of nitrogens with one attached hydrogen (secondary N) is 1. The number of rotatable bonds is 4. The van der Waals surface area contributed by atoms with Crippen LogP contribution in [0.5, 0.6) is 0 Å². The third kappa shape index (κ3) is 2.67. The summed E-state index contributed by atoms with van der Waals surface area (Å²) in [6.45, 7) is 4.64. The number of hydrogen-bond donors (Lipinski definition) is 1. The highest BCUT2D eigenvalue weighted by atomic mass is 15.2. The first-order chi connectivity index (χ1) is 8.33. The van der Waals surface area contributed by atoms with Gasteiger partial charge in [0.25, 0.3) is 0 Å². The Morgan fingerprint density at radius 3 is 2.88 bits per heavy atom. The highest BCUT2D eigenvalue weighted by Gasteiger charge is 2.31. The molecule has 3 nitrogen and oxygen atoms in total. The van der Waals surface area contributed by atoms with Crippen molar-refractivity contribution in [3.05, 3.63) is 30.1 Å². The lowest BCUT2D eigenvalue weighted by Gasteiger charge is -2.23. The third-order valence-electron chi connectivity index (χ3n) is 3.93. The topological polar surface area (TPSA) is 28.2 Å². The van der Waals surface area contributed by atoms with Crippen molar-refractivity contribution < 1.29 is 0 Å². The van der Waals surface area contributed by atoms with Gasteiger partial charge in [-0.15, -0.1) is 0 Å². The Hall–Kier alpha value is -0.930. The van der Waals surface area contributed by atoms with E-state index in [0.29, 0.717) is 12.1 Å². The summed E-state index contributed by atoms with van der Waals surface area (Å²) in [5, 5.41) is 3.73. The number of nitrogens with zero attached hydrogens (tertiary/aromatic N) is 2. The van der Waals surface area contributed by atoms with Crippen molar-refractivity contribution in [2.75, 3.05) is 13.1 Å². The Morgan fingerprint density at radius 1 is 1.29 bits per heavy atom. The predicted octanol–water partition coefficient (Wildman–Crippen LogP) is 1.97. The van der Waals surface area contributed by atoms with Gasteiger partial charge in [0.2, 0.25) is 0 Å². The zero-order valence-corrected chi connectivity index (χ0v) is 10.5. The van der Waals surface area contributed by atoms with Crippen LogP contribution < -0.4 is 5.32 Å². The van der Waals surface area contributed by atoms with Crippen LogP contribution in [0.25, 0.3) is 0 Å². The van der Waals surface area contributed by atoms with Crippen LogP contribution in [0.1, 0.15) is 37.9 Å². The molecular weight excluding hydrogens is 210 g/mol. The van der Waals surface area contributed by atoms with E-state index in [9.17, 15) is 0 Å². The minimum absolute atomic E-state index is 0.446. The van der Waals surface area contributed by atoms with Crippen LogP contribution in [0.2, 0.25) is 0 Å². The molecule has 1 saturated carbocycles. The first kappa shape index (κ1) is 11.2. The van der Waals surface area contributed by atoms with Crippen molar-refractivity contribution in [1.82, 2.24) is 15.2 Å². The lowest BCUT2D eigenvalue weighted by atomic mass is 10.2. The Morgan fingerprint density at radius 2 is 2.18 bits per heavy atom. The molecule has 2 aliphatic rings. The minimum atomic E-state index is 0.446. The van der Waals surface area contributed by atoms with Crippen molar-refractivity contribution in [3.63, 3.8) is 0 Å². The Bertz CT molecular complexity index is 361. The highest BCUT2D eigenvalue weighted by molar-refractivity contribution is 5.09. The van der Waals surface area contributed by atoms with E-state index in [-0.39, 0.29) is 0 Å². The number of pyridine rings is 1. The maximum Gasteiger partial charge on any atom is 0.0572 e. The zero-order valence-electron chi connectivity index (χ0n) is 10.5. The molecule has 0 amide bonds. The molecule has 92 valence electrons. The lowest BCUT2D eigenvalue weighted by molar-refractivity contribution is 0.251. The van der Waals surface area contributed by atoms with Gasteiger partial charge in [0, 0.05) is 37.4 Å². The summed E-state index contributed by atoms with van der Waals surface area (Å²) in [4.78, 5) is 7.00. The minimum Gasteiger partial charge on any atom is -0.310 e. The smallest absolute Gasteiger partial charge is 0.0572 e. The van der Waals surface area contributed by atoms with Gasteiger partial charge in [0.05, 0.1) is 5.69 Å². The number of likely N-dealkylation sites (tertiary alicyclic amines) is 1. The number of aromatic nitrogens is 1. The molecule has 1 aromatic heterocycles. The first-order valence-corrected chi connectivity index (χ1v) is 6.74. The Kier molecular flexibility index (Phi) is 3.12. The molecule has 17 heavy (non-hydrogen) atoms. The molecule has 0 spiro atoms. The van der Waals surface area contributed by atoms with Crippen LogP contribution in [0.4, 0.5) is 0 Å². The molecular formula is C14H21N3. The molecule has 2 fully saturated rings. The second-order valence-electron chi connectivity index (χ2n) is 5.35. The molecule has 1 aromatic rings. The maximum absolute atomic E-state index is 4.46. The van der Waals surface area contributed by atoms with E-state index in [1.54, 1.807) is 0 Å². The van der Waals surface area contributed by atoms with Gasteiger partial charge < -0.3 is 5.32 Å². The second kappa shape index (κ2) is 4.75. The van der Waals surface area contributed by atoms with Gasteiger partial charge in [0.1, 0.15) is 0 Å². The first-order valence-electron chi connectivity index (χ1n) is 6.74. The largest absolute Gasteiger partial charge is 0.310 e. The van der Waals surface area contributed by atoms with Gasteiger partial charge in [-0.1, -0.05) is 6.07 Å². The quantitative estimate of drug-likeness (QED) is 0.858. The van der Waals surface area contributed by atoms with Gasteiger partial charge >= 0.3 is 0 Å². The second-order valence-corrected chi connectivity index (χ2v) is 5.35. The van der Waals surface area contributed by atoms with Crippen molar-refractivity contribution >= 4 is 0 Å². The lowest BCUT2D eigenvalue weighted by Crippen LogP contribution is -2.34. The van der Waals surface area contributed by atoms with Crippen LogP contribution in [-0.2, 0) is 0 Å². The van der Waals surface area contributed by atoms with E-state index in [4.69, 9.17) is 0 Å². The normalized spacial score (nSPS) is 27.2. The molecule has 3 rings (SSSR count). The highest BCUT2D eigenvalue weighted by Crippen LogP contribution is 2.26. The molecule has 3 heteroatoms. The third-order valence-corrected chi connectivity index (χ3v) is 3.93. The fraction of sp³-hybridized carbons (Fsp3) is 0.643. The van der Waals surface area contributed by atoms with E-state index in [2.05, 4.69) is 34.3 Å². The van der Waals surface area contributed by atoms with Gasteiger partial charge in [-0.2, -0.15) is 0 Å². The SMILES string of the molecule is CC(c1ccccn1)N1CCC(NC2CC2)C1. The summed E-state index contributed by atoms with van der Waals surface area (Å²) in [6, 6.07) is 8.17. The standard InChI is InChI=1S/C14H21N3/c1-11(14-4-2-3-8-15-14)17-9-7-13(10-17)16-12-5-6-12/h2-4,8,11-13,16H,5-7,9-10H2,1H3. The summed E-state index contributed by atoms with van der Waals surface area (Å²) in [7, 11) is 0. The van der Waals surface area contributed by atoms with Crippen LogP contribution >= 0.6 is 0 Å². The van der Waals surface area contributed by atoms with Crippen LogP contribution in [0.15, 0.2) is 24.4 Å². The molecule has 2 atom stereocenters. The van der Waals surface area contributed by atoms with Crippen LogP contribution in [-0.4, -0.2) is 35.1 Å². The zero-order chi connectivity index (χ0) is 11.7. The fourth-order valence-corrected chi connectivity index (χ4v) is 2.67. The average Bonchev–Trinajstić information content (AvgIpc) is 3.06. The van der Waals surface area contributed by atoms with Gasteiger partial charge in [-0.05, 0) is 38.3 Å². The van der Waals surface area contributed by atoms with Gasteiger partial charge in [-0.25, -0.2) is 0 Å². The van der Waals surface area contributed by atoms with Crippen molar-refractivity contribution in [3.8, 4) is 0 Å². The van der Waals surface area contributed by atoms with Crippen molar-refractivity contribution in [1.29, 1.82) is 0 Å². The van der Waals surface area contributed by atoms with E-state index < -0.39 is 0 Å². The summed E-state index contributed by atoms with van der Waals surface area (Å²) >= 11 is 0. The molecule has 1 saturated heterocycles. The monoisotopic (exact) mass is 231 g/mol. The molecule has 0 bridgehead atoms. The van der Waals surface area contributed by atoms with Gasteiger partial charge in [0.15, 0.2) is 0 Å². The summed E-state index contributed by atoms with van der Waals surface area (Å²) < 4.78 is 0. The molecule has 2 unspecified atom stereocenters. The molecule has 0 aromatic carbocycles. The average molecular weight is 231 g/mol. The van der Waals surface area contributed by atoms with E-state index in [1.165, 1.54) is 38.0 Å². The molecule has 2 heterocycles. The van der Waals surface area contributed by atoms with E-state index >= 15 is 0 Å². The fourth-order valence-electron chi connectivity index (χ4n) is 2.67. The van der Waals surface area contributed by atoms with Gasteiger partial charge in [-0.3, -0.25) is 9.88 Å². The molecule has 0 radical (unpaired) electrons.